The second-order valence-electron chi connectivity index (χ2n) is 6.93. The fraction of sp³-hybridized carbons (Fsp3) is 0.238. The molecule has 1 aliphatic carbocycles. The number of nitrogens with one attached hydrogen (secondary N) is 1. The van der Waals surface area contributed by atoms with Gasteiger partial charge < -0.3 is 15.9 Å². The molecular weight excluding hydrogens is 338 g/mol. The molecule has 27 heavy (non-hydrogen) atoms. The van der Waals surface area contributed by atoms with Crippen LogP contribution in [0.25, 0.3) is 26.9 Å². The molecule has 2 aromatic heterocycles. The number of amides is 1. The minimum absolute atomic E-state index is 0.0725. The van der Waals surface area contributed by atoms with Gasteiger partial charge in [0.2, 0.25) is 12.5 Å². The zero-order chi connectivity index (χ0) is 19.0. The number of nitrogen functional groups attached to an aromatic ring is 1. The molecular formula is C21H19N5O. The summed E-state index contributed by atoms with van der Waals surface area (Å²) in [6, 6.07) is 11.8. The highest BCUT2D eigenvalue weighted by molar-refractivity contribution is 5.98. The van der Waals surface area contributed by atoms with Gasteiger partial charge in [-0.1, -0.05) is 24.3 Å². The third kappa shape index (κ3) is 3.32. The maximum Gasteiger partial charge on any atom is 0.229 e. The molecule has 6 nitrogen and oxygen atoms in total. The first-order valence-electron chi connectivity index (χ1n) is 8.83. The fourth-order valence-electron chi connectivity index (χ4n) is 3.35. The van der Waals surface area contributed by atoms with Crippen molar-refractivity contribution < 1.29 is 4.79 Å². The number of hydrogen-bond donors (Lipinski definition) is 2. The minimum atomic E-state index is -0.0818. The summed E-state index contributed by atoms with van der Waals surface area (Å²) in [5.74, 6) is 0.923. The summed E-state index contributed by atoms with van der Waals surface area (Å²) in [6.45, 7) is 9.35. The molecule has 4 rings (SSSR count). The lowest BCUT2D eigenvalue weighted by molar-refractivity contribution is -0.117. The van der Waals surface area contributed by atoms with Crippen molar-refractivity contribution >= 4 is 28.3 Å². The number of carbonyl (C=O) groups excluding carboxylic acids is 1. The maximum absolute atomic E-state index is 12.3. The molecule has 2 heterocycles. The molecule has 3 N–H and O–H groups in total. The van der Waals surface area contributed by atoms with Crippen LogP contribution >= 0.6 is 0 Å². The smallest absolute Gasteiger partial charge is 0.229 e. The summed E-state index contributed by atoms with van der Waals surface area (Å²) in [5.41, 5.74) is 9.07. The fourth-order valence-corrected chi connectivity index (χ4v) is 3.35. The van der Waals surface area contributed by atoms with Crippen molar-refractivity contribution in [1.82, 2.24) is 9.97 Å². The number of benzene rings is 1. The zero-order valence-electron chi connectivity index (χ0n) is 14.9. The van der Waals surface area contributed by atoms with Crippen molar-refractivity contribution in [2.75, 3.05) is 17.6 Å². The van der Waals surface area contributed by atoms with Gasteiger partial charge in [0, 0.05) is 29.0 Å². The van der Waals surface area contributed by atoms with Gasteiger partial charge in [0.05, 0.1) is 5.69 Å². The molecule has 0 spiro atoms. The van der Waals surface area contributed by atoms with Gasteiger partial charge in [-0.15, -0.1) is 0 Å². The Morgan fingerprint density at radius 1 is 1.37 bits per heavy atom. The number of nitrogens with two attached hydrogens (primary N) is 1. The average molecular weight is 357 g/mol. The molecule has 2 atom stereocenters. The van der Waals surface area contributed by atoms with Crippen molar-refractivity contribution in [1.29, 1.82) is 0 Å². The van der Waals surface area contributed by atoms with Gasteiger partial charge in [-0.2, -0.15) is 0 Å². The van der Waals surface area contributed by atoms with Crippen LogP contribution in [-0.4, -0.2) is 22.4 Å². The minimum Gasteiger partial charge on any atom is -0.383 e. The van der Waals surface area contributed by atoms with E-state index in [0.29, 0.717) is 18.2 Å². The number of carbonyl (C=O) groups is 1. The van der Waals surface area contributed by atoms with Gasteiger partial charge in [-0.05, 0) is 36.4 Å². The standard InChI is InChI=1S/C21H19N5O/c1-12-5-3-4-6-15(12)18-8-13-9-19(24-11-17(13)20(22)25-18)26-21(27)16-7-14(16)10-23-2/h3-6,8-9,11,14,16H,7,10H2,1H3,(H2,22,25)(H,24,26,27)/t14-,16+/m1/s1. The Balaban J connectivity index is 1.64. The van der Waals surface area contributed by atoms with Crippen LogP contribution in [0.15, 0.2) is 42.6 Å². The first kappa shape index (κ1) is 17.0. The molecule has 6 heteroatoms. The molecule has 0 radical (unpaired) electrons. The van der Waals surface area contributed by atoms with Gasteiger partial charge in [0.15, 0.2) is 0 Å². The quantitative estimate of drug-likeness (QED) is 0.698. The van der Waals surface area contributed by atoms with Crippen LogP contribution < -0.4 is 11.1 Å². The van der Waals surface area contributed by atoms with Crippen LogP contribution in [0.3, 0.4) is 0 Å². The van der Waals surface area contributed by atoms with E-state index in [1.807, 2.05) is 43.3 Å². The van der Waals surface area contributed by atoms with Gasteiger partial charge in [-0.3, -0.25) is 4.79 Å². The Morgan fingerprint density at radius 2 is 2.19 bits per heavy atom. The van der Waals surface area contributed by atoms with Crippen LogP contribution in [-0.2, 0) is 4.79 Å². The molecule has 0 unspecified atom stereocenters. The zero-order valence-corrected chi connectivity index (χ0v) is 14.9. The highest BCUT2D eigenvalue weighted by atomic mass is 16.2. The van der Waals surface area contributed by atoms with Crippen molar-refractivity contribution in [2.24, 2.45) is 11.8 Å². The Morgan fingerprint density at radius 3 is 2.96 bits per heavy atom. The maximum atomic E-state index is 12.3. The van der Waals surface area contributed by atoms with Crippen LogP contribution in [0.5, 0.6) is 0 Å². The second-order valence-corrected chi connectivity index (χ2v) is 6.93. The molecule has 1 saturated carbocycles. The Hall–Kier alpha value is -3.46. The lowest BCUT2D eigenvalue weighted by Gasteiger charge is -2.10. The summed E-state index contributed by atoms with van der Waals surface area (Å²) >= 11 is 0. The normalized spacial score (nSPS) is 18.1. The van der Waals surface area contributed by atoms with E-state index in [4.69, 9.17) is 12.3 Å². The van der Waals surface area contributed by atoms with E-state index in [2.05, 4.69) is 20.1 Å². The molecule has 134 valence electrons. The molecule has 0 aliphatic heterocycles. The molecule has 0 bridgehead atoms. The van der Waals surface area contributed by atoms with E-state index in [-0.39, 0.29) is 17.7 Å². The number of rotatable bonds is 4. The van der Waals surface area contributed by atoms with Crippen LogP contribution in [0, 0.1) is 25.3 Å². The predicted octanol–water partition coefficient (Wildman–Crippen LogP) is 3.68. The third-order valence-corrected chi connectivity index (χ3v) is 5.00. The predicted molar refractivity (Wildman–Crippen MR) is 106 cm³/mol. The number of anilines is 2. The van der Waals surface area contributed by atoms with Crippen molar-refractivity contribution in [2.45, 2.75) is 13.3 Å². The topological polar surface area (TPSA) is 85.3 Å². The largest absolute Gasteiger partial charge is 0.383 e. The molecule has 1 fully saturated rings. The number of hydrogen-bond acceptors (Lipinski definition) is 4. The summed E-state index contributed by atoms with van der Waals surface area (Å²) in [5, 5.41) is 4.49. The average Bonchev–Trinajstić information content (AvgIpc) is 3.41. The van der Waals surface area contributed by atoms with Crippen molar-refractivity contribution in [3.63, 3.8) is 0 Å². The summed E-state index contributed by atoms with van der Waals surface area (Å²) in [6.07, 6.45) is 2.41. The lowest BCUT2D eigenvalue weighted by Crippen LogP contribution is -2.16. The summed E-state index contributed by atoms with van der Waals surface area (Å²) in [7, 11) is 0. The molecule has 1 amide bonds. The van der Waals surface area contributed by atoms with Crippen molar-refractivity contribution in [3.05, 3.63) is 59.6 Å². The van der Waals surface area contributed by atoms with Gasteiger partial charge in [0.1, 0.15) is 11.6 Å². The van der Waals surface area contributed by atoms with Gasteiger partial charge in [0.25, 0.3) is 0 Å². The van der Waals surface area contributed by atoms with E-state index in [1.54, 1.807) is 6.20 Å². The highest BCUT2D eigenvalue weighted by Gasteiger charge is 2.45. The molecule has 1 aromatic carbocycles. The highest BCUT2D eigenvalue weighted by Crippen LogP contribution is 2.39. The monoisotopic (exact) mass is 357 g/mol. The Bertz CT molecular complexity index is 1090. The molecule has 1 aliphatic rings. The van der Waals surface area contributed by atoms with Crippen molar-refractivity contribution in [3.8, 4) is 11.3 Å². The van der Waals surface area contributed by atoms with E-state index >= 15 is 0 Å². The number of aryl methyl sites for hydroxylation is 1. The Kier molecular flexibility index (Phi) is 4.21. The first-order chi connectivity index (χ1) is 13.1. The number of nitrogens with zero attached hydrogens (tertiary/aromatic N) is 3. The van der Waals surface area contributed by atoms with E-state index in [1.165, 1.54) is 0 Å². The lowest BCUT2D eigenvalue weighted by atomic mass is 10.0. The van der Waals surface area contributed by atoms with Crippen LogP contribution in [0.4, 0.5) is 11.6 Å². The van der Waals surface area contributed by atoms with Gasteiger partial charge >= 0.3 is 0 Å². The SMILES string of the molecule is [C-]#[N+]C[C@H]1C[C@@H]1C(=O)Nc1cc2cc(-c3ccccc3C)nc(N)c2cn1. The van der Waals surface area contributed by atoms with E-state index in [9.17, 15) is 4.79 Å². The summed E-state index contributed by atoms with van der Waals surface area (Å²) in [4.78, 5) is 24.5. The molecule has 0 saturated heterocycles. The van der Waals surface area contributed by atoms with Crippen LogP contribution in [0.1, 0.15) is 12.0 Å². The first-order valence-corrected chi connectivity index (χ1v) is 8.83. The number of pyridine rings is 2. The number of aromatic nitrogens is 2. The van der Waals surface area contributed by atoms with Crippen LogP contribution in [0.2, 0.25) is 0 Å². The third-order valence-electron chi connectivity index (χ3n) is 5.00. The Labute approximate surface area is 157 Å². The van der Waals surface area contributed by atoms with E-state index in [0.717, 1.165) is 34.0 Å². The number of fused-ring (bicyclic) bond motifs is 1. The van der Waals surface area contributed by atoms with Gasteiger partial charge in [-0.25, -0.2) is 16.5 Å². The van der Waals surface area contributed by atoms with E-state index < -0.39 is 0 Å². The molecule has 3 aromatic rings. The summed E-state index contributed by atoms with van der Waals surface area (Å²) < 4.78 is 0. The second kappa shape index (κ2) is 6.69.